The van der Waals surface area contributed by atoms with Crippen molar-refractivity contribution in [3.63, 3.8) is 0 Å². The Balaban J connectivity index is 1.79. The lowest BCUT2D eigenvalue weighted by Gasteiger charge is -2.06. The Morgan fingerprint density at radius 3 is 2.87 bits per heavy atom. The average molecular weight is 214 g/mol. The van der Waals surface area contributed by atoms with Gasteiger partial charge in [0.1, 0.15) is 0 Å². The molecule has 1 amide bonds. The van der Waals surface area contributed by atoms with Crippen molar-refractivity contribution >= 4 is 5.91 Å². The molecule has 0 atom stereocenters. The smallest absolute Gasteiger partial charge is 0.234 e. The van der Waals surface area contributed by atoms with Crippen molar-refractivity contribution in [3.8, 4) is 0 Å². The highest BCUT2D eigenvalue weighted by atomic mass is 16.5. The van der Waals surface area contributed by atoms with Gasteiger partial charge >= 0.3 is 0 Å². The second kappa shape index (κ2) is 7.65. The molecule has 0 unspecified atom stereocenters. The Morgan fingerprint density at radius 2 is 2.20 bits per heavy atom. The number of carbonyl (C=O) groups excluding carboxylic acids is 1. The van der Waals surface area contributed by atoms with Crippen LogP contribution in [0.1, 0.15) is 32.6 Å². The normalized spacial score (nSPS) is 15.3. The minimum Gasteiger partial charge on any atom is -0.380 e. The van der Waals surface area contributed by atoms with Gasteiger partial charge in [-0.15, -0.1) is 0 Å². The summed E-state index contributed by atoms with van der Waals surface area (Å²) in [5.41, 5.74) is 0. The topological polar surface area (TPSA) is 50.4 Å². The summed E-state index contributed by atoms with van der Waals surface area (Å²) in [6, 6.07) is 0.594. The van der Waals surface area contributed by atoms with Crippen molar-refractivity contribution in [2.24, 2.45) is 0 Å². The van der Waals surface area contributed by atoms with E-state index in [1.807, 2.05) is 0 Å². The molecule has 0 radical (unpaired) electrons. The maximum Gasteiger partial charge on any atom is 0.234 e. The number of rotatable bonds is 9. The van der Waals surface area contributed by atoms with Gasteiger partial charge in [-0.3, -0.25) is 4.79 Å². The summed E-state index contributed by atoms with van der Waals surface area (Å²) in [5.74, 6) is 0.0704. The molecule has 0 aromatic carbocycles. The van der Waals surface area contributed by atoms with Crippen LogP contribution in [0.5, 0.6) is 0 Å². The van der Waals surface area contributed by atoms with Crippen molar-refractivity contribution in [1.82, 2.24) is 10.6 Å². The fourth-order valence-electron chi connectivity index (χ4n) is 1.20. The van der Waals surface area contributed by atoms with E-state index in [0.29, 0.717) is 25.7 Å². The minimum absolute atomic E-state index is 0.0704. The molecule has 4 heteroatoms. The lowest BCUT2D eigenvalue weighted by atomic mass is 10.4. The van der Waals surface area contributed by atoms with Crippen molar-refractivity contribution < 1.29 is 9.53 Å². The largest absolute Gasteiger partial charge is 0.380 e. The summed E-state index contributed by atoms with van der Waals surface area (Å²) in [4.78, 5) is 11.2. The van der Waals surface area contributed by atoms with E-state index in [1.54, 1.807) is 0 Å². The Morgan fingerprint density at radius 1 is 1.40 bits per heavy atom. The highest BCUT2D eigenvalue weighted by molar-refractivity contribution is 5.78. The van der Waals surface area contributed by atoms with Gasteiger partial charge < -0.3 is 15.4 Å². The van der Waals surface area contributed by atoms with Crippen LogP contribution in [0, 0.1) is 0 Å². The number of unbranched alkanes of at least 4 members (excludes halogenated alkanes) is 1. The van der Waals surface area contributed by atoms with Gasteiger partial charge in [-0.2, -0.15) is 0 Å². The van der Waals surface area contributed by atoms with Crippen molar-refractivity contribution in [3.05, 3.63) is 0 Å². The third-order valence-corrected chi connectivity index (χ3v) is 2.34. The molecule has 0 aromatic heterocycles. The zero-order valence-corrected chi connectivity index (χ0v) is 9.55. The molecule has 0 aliphatic heterocycles. The van der Waals surface area contributed by atoms with Gasteiger partial charge in [0.2, 0.25) is 5.91 Å². The van der Waals surface area contributed by atoms with Crippen LogP contribution in [-0.4, -0.2) is 38.3 Å². The highest BCUT2D eigenvalue weighted by Gasteiger charge is 2.20. The molecule has 1 fully saturated rings. The van der Waals surface area contributed by atoms with E-state index in [0.717, 1.165) is 19.4 Å². The number of ether oxygens (including phenoxy) is 1. The van der Waals surface area contributed by atoms with E-state index < -0.39 is 0 Å². The molecular weight excluding hydrogens is 192 g/mol. The van der Waals surface area contributed by atoms with Gasteiger partial charge in [0, 0.05) is 19.2 Å². The third kappa shape index (κ3) is 7.33. The number of amides is 1. The van der Waals surface area contributed by atoms with E-state index >= 15 is 0 Å². The lowest BCUT2D eigenvalue weighted by Crippen LogP contribution is -2.36. The van der Waals surface area contributed by atoms with Crippen LogP contribution in [0.4, 0.5) is 0 Å². The Labute approximate surface area is 91.8 Å². The second-order valence-corrected chi connectivity index (χ2v) is 3.97. The molecule has 0 saturated heterocycles. The molecule has 4 nitrogen and oxygen atoms in total. The summed E-state index contributed by atoms with van der Waals surface area (Å²) < 4.78 is 5.33. The summed E-state index contributed by atoms with van der Waals surface area (Å²) in [7, 11) is 0. The van der Waals surface area contributed by atoms with E-state index in [2.05, 4.69) is 17.6 Å². The van der Waals surface area contributed by atoms with E-state index in [1.165, 1.54) is 12.8 Å². The first-order valence-corrected chi connectivity index (χ1v) is 5.90. The van der Waals surface area contributed by atoms with Crippen LogP contribution >= 0.6 is 0 Å². The minimum atomic E-state index is 0.0704. The quantitative estimate of drug-likeness (QED) is 0.555. The highest BCUT2D eigenvalue weighted by Crippen LogP contribution is 2.17. The van der Waals surface area contributed by atoms with Crippen LogP contribution in [0.2, 0.25) is 0 Å². The molecule has 2 N–H and O–H groups in total. The maximum absolute atomic E-state index is 11.2. The van der Waals surface area contributed by atoms with Crippen LogP contribution < -0.4 is 10.6 Å². The fourth-order valence-corrected chi connectivity index (χ4v) is 1.20. The van der Waals surface area contributed by atoms with E-state index in [-0.39, 0.29) is 5.91 Å². The zero-order chi connectivity index (χ0) is 10.9. The van der Waals surface area contributed by atoms with Gasteiger partial charge in [-0.05, 0) is 19.3 Å². The number of carbonyl (C=O) groups is 1. The SMILES string of the molecule is CCCCOCCNC(=O)CNC1CC1. The van der Waals surface area contributed by atoms with Gasteiger partial charge in [0.15, 0.2) is 0 Å². The van der Waals surface area contributed by atoms with Gasteiger partial charge in [0.25, 0.3) is 0 Å². The number of hydrogen-bond acceptors (Lipinski definition) is 3. The van der Waals surface area contributed by atoms with Gasteiger partial charge in [-0.25, -0.2) is 0 Å². The summed E-state index contributed by atoms with van der Waals surface area (Å²) >= 11 is 0. The standard InChI is InChI=1S/C11H22N2O2/c1-2-3-7-15-8-6-12-11(14)9-13-10-4-5-10/h10,13H,2-9H2,1H3,(H,12,14). The summed E-state index contributed by atoms with van der Waals surface area (Å²) in [5, 5.41) is 5.98. The predicted octanol–water partition coefficient (Wildman–Crippen LogP) is 0.671. The Bertz CT molecular complexity index is 181. The predicted molar refractivity (Wildman–Crippen MR) is 59.8 cm³/mol. The van der Waals surface area contributed by atoms with Crippen molar-refractivity contribution in [2.45, 2.75) is 38.6 Å². The van der Waals surface area contributed by atoms with Crippen LogP contribution in [0.25, 0.3) is 0 Å². The van der Waals surface area contributed by atoms with E-state index in [4.69, 9.17) is 4.74 Å². The van der Waals surface area contributed by atoms with Crippen molar-refractivity contribution in [1.29, 1.82) is 0 Å². The zero-order valence-electron chi connectivity index (χ0n) is 9.55. The first-order chi connectivity index (χ1) is 7.33. The molecule has 1 aliphatic rings. The van der Waals surface area contributed by atoms with Crippen molar-refractivity contribution in [2.75, 3.05) is 26.3 Å². The Hall–Kier alpha value is -0.610. The lowest BCUT2D eigenvalue weighted by molar-refractivity contribution is -0.120. The molecule has 88 valence electrons. The van der Waals surface area contributed by atoms with Gasteiger partial charge in [-0.1, -0.05) is 13.3 Å². The molecule has 15 heavy (non-hydrogen) atoms. The average Bonchev–Trinajstić information content (AvgIpc) is 3.04. The van der Waals surface area contributed by atoms with Gasteiger partial charge in [0.05, 0.1) is 13.2 Å². The monoisotopic (exact) mass is 214 g/mol. The molecule has 0 heterocycles. The van der Waals surface area contributed by atoms with E-state index in [9.17, 15) is 4.79 Å². The molecular formula is C11H22N2O2. The Kier molecular flexibility index (Phi) is 6.36. The third-order valence-electron chi connectivity index (χ3n) is 2.34. The van der Waals surface area contributed by atoms with Crippen LogP contribution in [0.3, 0.4) is 0 Å². The number of hydrogen-bond donors (Lipinski definition) is 2. The molecule has 0 bridgehead atoms. The number of nitrogens with one attached hydrogen (secondary N) is 2. The second-order valence-electron chi connectivity index (χ2n) is 3.97. The van der Waals surface area contributed by atoms with Crippen LogP contribution in [0.15, 0.2) is 0 Å². The first kappa shape index (κ1) is 12.5. The summed E-state index contributed by atoms with van der Waals surface area (Å²) in [6.07, 6.45) is 4.68. The molecule has 0 spiro atoms. The molecule has 1 aliphatic carbocycles. The van der Waals surface area contributed by atoms with Crippen LogP contribution in [-0.2, 0) is 9.53 Å². The molecule has 0 aromatic rings. The molecule has 1 rings (SSSR count). The first-order valence-electron chi connectivity index (χ1n) is 5.90. The summed E-state index contributed by atoms with van der Waals surface area (Å²) in [6.45, 7) is 4.62. The maximum atomic E-state index is 11.2. The fraction of sp³-hybridized carbons (Fsp3) is 0.909. The molecule has 1 saturated carbocycles.